The molecule has 0 saturated heterocycles. The molecule has 3 heteroatoms. The summed E-state index contributed by atoms with van der Waals surface area (Å²) < 4.78 is 2.44. The number of aliphatic hydroxyl groups excluding tert-OH is 1. The molecule has 1 aliphatic heterocycles. The Bertz CT molecular complexity index is 995. The second kappa shape index (κ2) is 8.15. The molecule has 3 nitrogen and oxygen atoms in total. The van der Waals surface area contributed by atoms with Crippen molar-refractivity contribution in [2.24, 2.45) is 0 Å². The summed E-state index contributed by atoms with van der Waals surface area (Å²) >= 11 is 0. The lowest BCUT2D eigenvalue weighted by Crippen LogP contribution is -2.22. The second-order valence-corrected chi connectivity index (χ2v) is 7.33. The Kier molecular flexibility index (Phi) is 5.45. The monoisotopic (exact) mass is 373 g/mol. The van der Waals surface area contributed by atoms with E-state index < -0.39 is 0 Å². The van der Waals surface area contributed by atoms with E-state index in [1.165, 1.54) is 39.0 Å². The van der Waals surface area contributed by atoms with E-state index in [9.17, 15) is 5.11 Å². The van der Waals surface area contributed by atoms with Crippen LogP contribution in [0.5, 0.6) is 0 Å². The summed E-state index contributed by atoms with van der Waals surface area (Å²) in [7, 11) is 0. The minimum Gasteiger partial charge on any atom is -0.396 e. The first-order chi connectivity index (χ1) is 13.8. The Hall–Kier alpha value is -2.65. The Morgan fingerprint density at radius 3 is 2.25 bits per heavy atom. The fourth-order valence-corrected chi connectivity index (χ4v) is 4.35. The first-order valence-corrected chi connectivity index (χ1v) is 10.4. The molecule has 0 spiro atoms. The SMILES string of the molecule is CCN(CC)c1ccc(C2=[N+](CCCCO)c3cccc4cccc2c34)cc1. The van der Waals surface area contributed by atoms with E-state index in [0.717, 1.165) is 32.5 Å². The van der Waals surface area contributed by atoms with Crippen molar-refractivity contribution in [3.8, 4) is 0 Å². The van der Waals surface area contributed by atoms with Gasteiger partial charge in [0.05, 0.1) is 10.9 Å². The van der Waals surface area contributed by atoms with Gasteiger partial charge in [-0.05, 0) is 56.0 Å². The third-order valence-electron chi connectivity index (χ3n) is 5.76. The fraction of sp³-hybridized carbons (Fsp3) is 0.320. The van der Waals surface area contributed by atoms with Gasteiger partial charge in [-0.2, -0.15) is 4.58 Å². The summed E-state index contributed by atoms with van der Waals surface area (Å²) in [4.78, 5) is 2.37. The molecule has 144 valence electrons. The van der Waals surface area contributed by atoms with Gasteiger partial charge in [0, 0.05) is 43.4 Å². The molecule has 28 heavy (non-hydrogen) atoms. The van der Waals surface area contributed by atoms with Gasteiger partial charge in [0.25, 0.3) is 0 Å². The van der Waals surface area contributed by atoms with Gasteiger partial charge < -0.3 is 10.0 Å². The first kappa shape index (κ1) is 18.7. The molecule has 1 aliphatic rings. The summed E-state index contributed by atoms with van der Waals surface area (Å²) in [6.45, 7) is 7.60. The number of anilines is 1. The lowest BCUT2D eigenvalue weighted by Gasteiger charge is -2.21. The summed E-state index contributed by atoms with van der Waals surface area (Å²) in [6.07, 6.45) is 1.80. The van der Waals surface area contributed by atoms with E-state index in [0.29, 0.717) is 0 Å². The fourth-order valence-electron chi connectivity index (χ4n) is 4.35. The predicted molar refractivity (Wildman–Crippen MR) is 118 cm³/mol. The number of hydrogen-bond donors (Lipinski definition) is 1. The van der Waals surface area contributed by atoms with Crippen LogP contribution in [-0.2, 0) is 0 Å². The highest BCUT2D eigenvalue weighted by Gasteiger charge is 2.32. The molecule has 3 aromatic rings. The van der Waals surface area contributed by atoms with Gasteiger partial charge in [0.1, 0.15) is 6.54 Å². The van der Waals surface area contributed by atoms with Crippen molar-refractivity contribution in [3.63, 3.8) is 0 Å². The van der Waals surface area contributed by atoms with Crippen molar-refractivity contribution in [3.05, 3.63) is 71.8 Å². The van der Waals surface area contributed by atoms with Crippen molar-refractivity contribution >= 4 is 27.9 Å². The number of aliphatic hydroxyl groups is 1. The second-order valence-electron chi connectivity index (χ2n) is 7.33. The van der Waals surface area contributed by atoms with Crippen LogP contribution in [0, 0.1) is 0 Å². The average Bonchev–Trinajstić information content (AvgIpc) is 3.05. The van der Waals surface area contributed by atoms with Crippen molar-refractivity contribution in [2.45, 2.75) is 26.7 Å². The Labute approximate surface area is 167 Å². The van der Waals surface area contributed by atoms with E-state index >= 15 is 0 Å². The molecule has 0 radical (unpaired) electrons. The van der Waals surface area contributed by atoms with Gasteiger partial charge in [-0.1, -0.05) is 24.3 Å². The summed E-state index contributed by atoms with van der Waals surface area (Å²) in [6, 6.07) is 22.2. The molecule has 0 unspecified atom stereocenters. The van der Waals surface area contributed by atoms with Crippen molar-refractivity contribution < 1.29 is 9.68 Å². The lowest BCUT2D eigenvalue weighted by atomic mass is 9.98. The molecule has 4 rings (SSSR count). The highest BCUT2D eigenvalue weighted by molar-refractivity contribution is 6.22. The zero-order chi connectivity index (χ0) is 19.5. The van der Waals surface area contributed by atoms with Crippen LogP contribution in [0.4, 0.5) is 11.4 Å². The third kappa shape index (κ3) is 3.20. The molecule has 3 aromatic carbocycles. The molecule has 0 aliphatic carbocycles. The van der Waals surface area contributed by atoms with Crippen LogP contribution >= 0.6 is 0 Å². The highest BCUT2D eigenvalue weighted by Crippen LogP contribution is 2.37. The number of nitrogens with zero attached hydrogens (tertiary/aromatic N) is 2. The Morgan fingerprint density at radius 1 is 0.857 bits per heavy atom. The summed E-state index contributed by atoms with van der Waals surface area (Å²) in [5, 5.41) is 11.9. The van der Waals surface area contributed by atoms with E-state index in [1.54, 1.807) is 0 Å². The maximum Gasteiger partial charge on any atom is 0.221 e. The summed E-state index contributed by atoms with van der Waals surface area (Å²) in [5.74, 6) is 0. The van der Waals surface area contributed by atoms with E-state index in [1.807, 2.05) is 0 Å². The van der Waals surface area contributed by atoms with Crippen LogP contribution in [-0.4, -0.2) is 41.6 Å². The van der Waals surface area contributed by atoms with Gasteiger partial charge in [0.15, 0.2) is 0 Å². The maximum atomic E-state index is 9.25. The lowest BCUT2D eigenvalue weighted by molar-refractivity contribution is -0.436. The van der Waals surface area contributed by atoms with Crippen molar-refractivity contribution in [1.29, 1.82) is 0 Å². The molecule has 0 saturated carbocycles. The highest BCUT2D eigenvalue weighted by atomic mass is 16.2. The van der Waals surface area contributed by atoms with Crippen LogP contribution in [0.2, 0.25) is 0 Å². The predicted octanol–water partition coefficient (Wildman–Crippen LogP) is 4.95. The van der Waals surface area contributed by atoms with E-state index in [4.69, 9.17) is 0 Å². The van der Waals surface area contributed by atoms with Crippen LogP contribution < -0.4 is 4.90 Å². The van der Waals surface area contributed by atoms with Crippen LogP contribution in [0.15, 0.2) is 60.7 Å². The average molecular weight is 374 g/mol. The van der Waals surface area contributed by atoms with Crippen LogP contribution in [0.1, 0.15) is 37.8 Å². The summed E-state index contributed by atoms with van der Waals surface area (Å²) in [5.41, 5.74) is 6.41. The minimum absolute atomic E-state index is 0.249. The standard InChI is InChI=1S/C25H29N2O/c1-3-26(4-2)21-15-13-20(14-16-21)25-22-11-7-9-19-10-8-12-23(24(19)22)27(25)17-5-6-18-28/h7-16,28H,3-6,17-18H2,1-2H3/q+1. The first-order valence-electron chi connectivity index (χ1n) is 10.4. The number of hydrogen-bond acceptors (Lipinski definition) is 2. The zero-order valence-electron chi connectivity index (χ0n) is 16.9. The van der Waals surface area contributed by atoms with Crippen LogP contribution in [0.3, 0.4) is 0 Å². The molecule has 0 fully saturated rings. The largest absolute Gasteiger partial charge is 0.396 e. The Morgan fingerprint density at radius 2 is 1.57 bits per heavy atom. The molecular weight excluding hydrogens is 344 g/mol. The molecular formula is C25H29N2O+. The molecule has 0 atom stereocenters. The molecule has 0 aromatic heterocycles. The van der Waals surface area contributed by atoms with Gasteiger partial charge in [0.2, 0.25) is 11.4 Å². The third-order valence-corrected chi connectivity index (χ3v) is 5.76. The zero-order valence-corrected chi connectivity index (χ0v) is 16.9. The molecule has 1 N–H and O–H groups in total. The smallest absolute Gasteiger partial charge is 0.221 e. The molecule has 0 bridgehead atoms. The number of unbranched alkanes of at least 4 members (excludes halogenated alkanes) is 1. The quantitative estimate of drug-likeness (QED) is 0.446. The maximum absolute atomic E-state index is 9.25. The van der Waals surface area contributed by atoms with Gasteiger partial charge >= 0.3 is 0 Å². The van der Waals surface area contributed by atoms with Gasteiger partial charge in [-0.3, -0.25) is 0 Å². The Balaban J connectivity index is 1.82. The number of rotatable bonds is 8. The topological polar surface area (TPSA) is 26.5 Å². The van der Waals surface area contributed by atoms with Crippen molar-refractivity contribution in [2.75, 3.05) is 31.1 Å². The van der Waals surface area contributed by atoms with Crippen LogP contribution in [0.25, 0.3) is 10.8 Å². The van der Waals surface area contributed by atoms with E-state index in [2.05, 4.69) is 84.0 Å². The van der Waals surface area contributed by atoms with Gasteiger partial charge in [-0.15, -0.1) is 0 Å². The van der Waals surface area contributed by atoms with Gasteiger partial charge in [-0.25, -0.2) is 0 Å². The molecule has 0 amide bonds. The normalized spacial score (nSPS) is 12.8. The van der Waals surface area contributed by atoms with E-state index in [-0.39, 0.29) is 6.61 Å². The molecule has 1 heterocycles. The number of benzene rings is 3. The minimum atomic E-state index is 0.249. The van der Waals surface area contributed by atoms with Crippen molar-refractivity contribution in [1.82, 2.24) is 0 Å².